The number of halogens is 1. The van der Waals surface area contributed by atoms with Crippen molar-refractivity contribution in [1.29, 1.82) is 0 Å². The van der Waals surface area contributed by atoms with Crippen LogP contribution in [0, 0.1) is 22.1 Å². The topological polar surface area (TPSA) is 66.5 Å². The average Bonchev–Trinajstić information content (AvgIpc) is 2.52. The zero-order chi connectivity index (χ0) is 18.6. The van der Waals surface area contributed by atoms with Gasteiger partial charge in [0.1, 0.15) is 5.82 Å². The fourth-order valence-corrected chi connectivity index (χ4v) is 4.95. The van der Waals surface area contributed by atoms with E-state index in [1.807, 2.05) is 13.8 Å². The summed E-state index contributed by atoms with van der Waals surface area (Å²) < 4.78 is 13.0. The van der Waals surface area contributed by atoms with Crippen LogP contribution in [-0.4, -0.2) is 29.7 Å². The van der Waals surface area contributed by atoms with E-state index in [0.717, 1.165) is 0 Å². The van der Waals surface area contributed by atoms with Gasteiger partial charge >= 0.3 is 0 Å². The molecule has 1 heterocycles. The molecule has 2 bridgehead atoms. The van der Waals surface area contributed by atoms with E-state index < -0.39 is 16.2 Å². The summed E-state index contributed by atoms with van der Waals surface area (Å²) >= 11 is 0. The summed E-state index contributed by atoms with van der Waals surface area (Å²) in [6, 6.07) is 5.54. The minimum atomic E-state index is -0.858. The number of carbonyl (C=O) groups is 3. The van der Waals surface area contributed by atoms with Crippen LogP contribution in [-0.2, 0) is 14.4 Å². The highest BCUT2D eigenvalue weighted by Gasteiger charge is 2.62. The zero-order valence-corrected chi connectivity index (χ0v) is 15.0. The number of carbonyl (C=O) groups excluding carboxylic acids is 3. The van der Waals surface area contributed by atoms with Crippen molar-refractivity contribution in [2.75, 3.05) is 12.4 Å². The quantitative estimate of drug-likeness (QED) is 0.837. The third-order valence-corrected chi connectivity index (χ3v) is 5.63. The number of piperidine rings is 1. The van der Waals surface area contributed by atoms with Crippen molar-refractivity contribution in [2.24, 2.45) is 16.2 Å². The Hall–Kier alpha value is -2.24. The van der Waals surface area contributed by atoms with Gasteiger partial charge in [-0.2, -0.15) is 0 Å². The minimum Gasteiger partial charge on any atom is -0.326 e. The van der Waals surface area contributed by atoms with Crippen LogP contribution in [0.25, 0.3) is 0 Å². The molecule has 3 amide bonds. The largest absolute Gasteiger partial charge is 0.326 e. The SMILES string of the molecule is CN1C(=O)C2(C)CC(C)(C(=O)Nc3ccc(F)cc3)CC(C)(C2)C1=O. The van der Waals surface area contributed by atoms with Gasteiger partial charge in [0.15, 0.2) is 0 Å². The Balaban J connectivity index is 1.91. The highest BCUT2D eigenvalue weighted by atomic mass is 19.1. The fraction of sp³-hybridized carbons (Fsp3) is 0.526. The first kappa shape index (κ1) is 17.6. The minimum absolute atomic E-state index is 0.226. The van der Waals surface area contributed by atoms with Crippen molar-refractivity contribution < 1.29 is 18.8 Å². The van der Waals surface area contributed by atoms with E-state index in [0.29, 0.717) is 24.9 Å². The molecule has 1 saturated heterocycles. The number of fused-ring (bicyclic) bond motifs is 2. The number of hydrogen-bond donors (Lipinski definition) is 1. The molecular formula is C19H23FN2O3. The van der Waals surface area contributed by atoms with Crippen LogP contribution in [0.4, 0.5) is 10.1 Å². The van der Waals surface area contributed by atoms with Crippen LogP contribution < -0.4 is 5.32 Å². The molecule has 1 aliphatic carbocycles. The van der Waals surface area contributed by atoms with E-state index >= 15 is 0 Å². The van der Waals surface area contributed by atoms with Crippen LogP contribution in [0.3, 0.4) is 0 Å². The Labute approximate surface area is 146 Å². The maximum absolute atomic E-state index is 13.0. The number of imide groups is 1. The van der Waals surface area contributed by atoms with E-state index in [-0.39, 0.29) is 23.5 Å². The molecule has 5 nitrogen and oxygen atoms in total. The van der Waals surface area contributed by atoms with Gasteiger partial charge in [0.05, 0.1) is 0 Å². The first-order valence-corrected chi connectivity index (χ1v) is 8.39. The second kappa shape index (κ2) is 5.38. The van der Waals surface area contributed by atoms with E-state index in [1.54, 1.807) is 6.92 Å². The number of anilines is 1. The van der Waals surface area contributed by atoms with Crippen LogP contribution >= 0.6 is 0 Å². The molecule has 1 aromatic carbocycles. The summed E-state index contributed by atoms with van der Waals surface area (Å²) in [5.41, 5.74) is -1.86. The predicted octanol–water partition coefficient (Wildman–Crippen LogP) is 2.97. The Morgan fingerprint density at radius 3 is 1.96 bits per heavy atom. The van der Waals surface area contributed by atoms with E-state index in [1.165, 1.54) is 36.2 Å². The molecule has 2 fully saturated rings. The molecule has 0 aromatic heterocycles. The van der Waals surface area contributed by atoms with Crippen molar-refractivity contribution in [1.82, 2.24) is 4.90 Å². The molecule has 1 aliphatic heterocycles. The Kier molecular flexibility index (Phi) is 3.78. The van der Waals surface area contributed by atoms with Crippen molar-refractivity contribution in [3.05, 3.63) is 30.1 Å². The highest BCUT2D eigenvalue weighted by Crippen LogP contribution is 2.58. The predicted molar refractivity (Wildman–Crippen MR) is 91.0 cm³/mol. The van der Waals surface area contributed by atoms with Crippen molar-refractivity contribution >= 4 is 23.4 Å². The lowest BCUT2D eigenvalue weighted by Crippen LogP contribution is -2.63. The first-order valence-electron chi connectivity index (χ1n) is 8.39. The number of likely N-dealkylation sites (tertiary alicyclic amines) is 1. The molecule has 1 aromatic rings. The molecule has 0 spiro atoms. The average molecular weight is 346 g/mol. The summed E-state index contributed by atoms with van der Waals surface area (Å²) in [5.74, 6) is -1.08. The maximum Gasteiger partial charge on any atom is 0.234 e. The number of benzene rings is 1. The first-order chi connectivity index (χ1) is 11.5. The fourth-order valence-electron chi connectivity index (χ4n) is 4.95. The molecule has 134 valence electrons. The number of rotatable bonds is 2. The molecular weight excluding hydrogens is 323 g/mol. The van der Waals surface area contributed by atoms with Crippen molar-refractivity contribution in [3.63, 3.8) is 0 Å². The number of nitrogens with one attached hydrogen (secondary N) is 1. The molecule has 25 heavy (non-hydrogen) atoms. The summed E-state index contributed by atoms with van der Waals surface area (Å²) in [6.07, 6.45) is 1.21. The van der Waals surface area contributed by atoms with E-state index in [4.69, 9.17) is 0 Å². The second-order valence-corrected chi connectivity index (χ2v) is 8.34. The third kappa shape index (κ3) is 2.73. The van der Waals surface area contributed by atoms with E-state index in [9.17, 15) is 18.8 Å². The van der Waals surface area contributed by atoms with Crippen LogP contribution in [0.1, 0.15) is 40.0 Å². The normalized spacial score (nSPS) is 34.8. The highest BCUT2D eigenvalue weighted by molar-refractivity contribution is 6.05. The van der Waals surface area contributed by atoms with Gasteiger partial charge in [-0.3, -0.25) is 19.3 Å². The number of nitrogens with zero attached hydrogens (tertiary/aromatic N) is 1. The lowest BCUT2D eigenvalue weighted by atomic mass is 9.51. The third-order valence-electron chi connectivity index (χ3n) is 5.63. The summed E-state index contributed by atoms with van der Waals surface area (Å²) in [6.45, 7) is 5.46. The molecule has 2 atom stereocenters. The molecule has 2 aliphatic rings. The van der Waals surface area contributed by atoms with E-state index in [2.05, 4.69) is 5.32 Å². The lowest BCUT2D eigenvalue weighted by molar-refractivity contribution is -0.177. The van der Waals surface area contributed by atoms with Crippen molar-refractivity contribution in [2.45, 2.75) is 40.0 Å². The van der Waals surface area contributed by atoms with Gasteiger partial charge < -0.3 is 5.32 Å². The van der Waals surface area contributed by atoms with Crippen molar-refractivity contribution in [3.8, 4) is 0 Å². The molecule has 2 unspecified atom stereocenters. The van der Waals surface area contributed by atoms with Gasteiger partial charge in [-0.1, -0.05) is 20.8 Å². The molecule has 6 heteroatoms. The van der Waals surface area contributed by atoms with Gasteiger partial charge in [0.25, 0.3) is 0 Å². The van der Waals surface area contributed by atoms with Gasteiger partial charge in [0, 0.05) is 29.0 Å². The Morgan fingerprint density at radius 2 is 1.48 bits per heavy atom. The van der Waals surface area contributed by atoms with Gasteiger partial charge in [-0.15, -0.1) is 0 Å². The number of amides is 3. The Bertz CT molecular complexity index is 730. The van der Waals surface area contributed by atoms with Crippen LogP contribution in [0.2, 0.25) is 0 Å². The van der Waals surface area contributed by atoms with Gasteiger partial charge in [-0.05, 0) is 43.5 Å². The second-order valence-electron chi connectivity index (χ2n) is 8.34. The number of hydrogen-bond acceptors (Lipinski definition) is 3. The molecule has 1 saturated carbocycles. The van der Waals surface area contributed by atoms with Gasteiger partial charge in [-0.25, -0.2) is 4.39 Å². The zero-order valence-electron chi connectivity index (χ0n) is 15.0. The van der Waals surface area contributed by atoms with Gasteiger partial charge in [0.2, 0.25) is 17.7 Å². The maximum atomic E-state index is 13.0. The molecule has 3 rings (SSSR count). The van der Waals surface area contributed by atoms with Crippen LogP contribution in [0.5, 0.6) is 0 Å². The molecule has 0 radical (unpaired) electrons. The molecule has 1 N–H and O–H groups in total. The lowest BCUT2D eigenvalue weighted by Gasteiger charge is -2.55. The Morgan fingerprint density at radius 1 is 1.00 bits per heavy atom. The summed E-state index contributed by atoms with van der Waals surface area (Å²) in [7, 11) is 1.52. The van der Waals surface area contributed by atoms with Crippen LogP contribution in [0.15, 0.2) is 24.3 Å². The smallest absolute Gasteiger partial charge is 0.234 e. The summed E-state index contributed by atoms with van der Waals surface area (Å²) in [4.78, 5) is 39.4. The standard InChI is InChI=1S/C19H23FN2O3/c1-17(14(23)21-13-7-5-12(20)6-8-13)9-18(2)11-19(3,10-17)16(25)22(4)15(18)24/h5-8H,9-11H2,1-4H3,(H,21,23). The summed E-state index contributed by atoms with van der Waals surface area (Å²) in [5, 5.41) is 2.80. The monoisotopic (exact) mass is 346 g/mol.